The zero-order valence-electron chi connectivity index (χ0n) is 23.4. The van der Waals surface area contributed by atoms with Crippen molar-refractivity contribution >= 4 is 17.4 Å². The van der Waals surface area contributed by atoms with Crippen molar-refractivity contribution in [2.24, 2.45) is 5.92 Å². The Bertz CT molecular complexity index is 1180. The molecule has 8 nitrogen and oxygen atoms in total. The first-order valence-electron chi connectivity index (χ1n) is 13.8. The van der Waals surface area contributed by atoms with Gasteiger partial charge in [0, 0.05) is 31.7 Å². The van der Waals surface area contributed by atoms with E-state index in [0.717, 1.165) is 36.5 Å². The number of amides is 1. The summed E-state index contributed by atoms with van der Waals surface area (Å²) in [4.78, 5) is 30.6. The lowest BCUT2D eigenvalue weighted by Gasteiger charge is -2.29. The lowest BCUT2D eigenvalue weighted by molar-refractivity contribution is -0.140. The van der Waals surface area contributed by atoms with Gasteiger partial charge in [0.15, 0.2) is 0 Å². The average molecular weight is 537 g/mol. The molecule has 2 heterocycles. The van der Waals surface area contributed by atoms with Crippen molar-refractivity contribution in [1.29, 1.82) is 0 Å². The number of rotatable bonds is 11. The highest BCUT2D eigenvalue weighted by Crippen LogP contribution is 2.40. The Morgan fingerprint density at radius 1 is 1.05 bits per heavy atom. The Labute approximate surface area is 231 Å². The van der Waals surface area contributed by atoms with Crippen molar-refractivity contribution in [3.05, 3.63) is 64.7 Å². The maximum atomic E-state index is 13.4. The van der Waals surface area contributed by atoms with Crippen LogP contribution in [0.3, 0.4) is 0 Å². The molecule has 0 saturated carbocycles. The number of likely N-dealkylation sites (tertiary alicyclic amines) is 1. The summed E-state index contributed by atoms with van der Waals surface area (Å²) in [7, 11) is 0. The topological polar surface area (TPSA) is 88.5 Å². The molecule has 2 aliphatic rings. The number of aryl methyl sites for hydroxylation is 1. The number of carbonyl (C=O) groups excluding carboxylic acids is 2. The van der Waals surface area contributed by atoms with Gasteiger partial charge in [0.1, 0.15) is 17.3 Å². The smallest absolute Gasteiger partial charge is 0.295 e. The molecule has 0 aromatic heterocycles. The number of Topliss-reactive ketones (excluding diaryl/α,β-unsaturated/α-hetero) is 1. The molecule has 2 saturated heterocycles. The van der Waals surface area contributed by atoms with E-state index in [1.165, 1.54) is 0 Å². The van der Waals surface area contributed by atoms with E-state index >= 15 is 0 Å². The predicted octanol–water partition coefficient (Wildman–Crippen LogP) is 4.57. The quantitative estimate of drug-likeness (QED) is 0.256. The Morgan fingerprint density at radius 2 is 1.77 bits per heavy atom. The van der Waals surface area contributed by atoms with Crippen LogP contribution in [0.2, 0.25) is 0 Å². The third-order valence-corrected chi connectivity index (χ3v) is 7.04. The molecular formula is C31H40N2O6. The second-order valence-electron chi connectivity index (χ2n) is 10.5. The first kappa shape index (κ1) is 28.6. The van der Waals surface area contributed by atoms with Crippen LogP contribution in [0.25, 0.3) is 5.76 Å². The zero-order valence-corrected chi connectivity index (χ0v) is 23.4. The lowest BCUT2D eigenvalue weighted by Crippen LogP contribution is -2.38. The summed E-state index contributed by atoms with van der Waals surface area (Å²) < 4.78 is 16.9. The molecule has 0 bridgehead atoms. The Morgan fingerprint density at radius 3 is 2.41 bits per heavy atom. The number of ketones is 1. The third-order valence-electron chi connectivity index (χ3n) is 7.04. The molecule has 1 amide bonds. The summed E-state index contributed by atoms with van der Waals surface area (Å²) >= 11 is 0. The van der Waals surface area contributed by atoms with E-state index < -0.39 is 17.7 Å². The first-order chi connectivity index (χ1) is 18.8. The molecule has 1 N–H and O–H groups in total. The summed E-state index contributed by atoms with van der Waals surface area (Å²) in [5.74, 6) is 0.374. The number of hydrogen-bond donors (Lipinski definition) is 1. The van der Waals surface area contributed by atoms with Crippen molar-refractivity contribution < 1.29 is 28.9 Å². The average Bonchev–Trinajstić information content (AvgIpc) is 3.18. The number of benzene rings is 2. The van der Waals surface area contributed by atoms with E-state index in [1.807, 2.05) is 38.1 Å². The van der Waals surface area contributed by atoms with Gasteiger partial charge in [-0.1, -0.05) is 26.0 Å². The van der Waals surface area contributed by atoms with Gasteiger partial charge in [0.25, 0.3) is 11.7 Å². The monoisotopic (exact) mass is 536 g/mol. The van der Waals surface area contributed by atoms with Gasteiger partial charge in [-0.3, -0.25) is 14.5 Å². The minimum absolute atomic E-state index is 0.103. The number of aliphatic hydroxyl groups excluding tert-OH is 1. The summed E-state index contributed by atoms with van der Waals surface area (Å²) in [5.41, 5.74) is 2.17. The Kier molecular flexibility index (Phi) is 9.64. The van der Waals surface area contributed by atoms with E-state index in [9.17, 15) is 14.7 Å². The Hall–Kier alpha value is -3.36. The summed E-state index contributed by atoms with van der Waals surface area (Å²) in [5, 5.41) is 11.5. The SMILES string of the molecule is CCOc1ccc([C@H]2C(=C(O)c3ccc(OCC(C)C)c(C)c3)C(=O)C(=O)N2CCCN2CCOCC2)cc1. The fourth-order valence-corrected chi connectivity index (χ4v) is 5.03. The highest BCUT2D eigenvalue weighted by Gasteiger charge is 2.45. The van der Waals surface area contributed by atoms with Crippen LogP contribution >= 0.6 is 0 Å². The maximum Gasteiger partial charge on any atom is 0.295 e. The fourth-order valence-electron chi connectivity index (χ4n) is 5.03. The van der Waals surface area contributed by atoms with Crippen molar-refractivity contribution in [2.75, 3.05) is 52.6 Å². The minimum atomic E-state index is -0.692. The molecule has 39 heavy (non-hydrogen) atoms. The van der Waals surface area contributed by atoms with Gasteiger partial charge in [0.2, 0.25) is 0 Å². The van der Waals surface area contributed by atoms with Crippen LogP contribution in [0.5, 0.6) is 11.5 Å². The minimum Gasteiger partial charge on any atom is -0.507 e. The number of hydrogen-bond acceptors (Lipinski definition) is 7. The van der Waals surface area contributed by atoms with E-state index in [2.05, 4.69) is 18.7 Å². The molecule has 0 radical (unpaired) electrons. The predicted molar refractivity (Wildman–Crippen MR) is 150 cm³/mol. The van der Waals surface area contributed by atoms with Crippen LogP contribution in [0, 0.1) is 12.8 Å². The molecule has 4 rings (SSSR count). The highest BCUT2D eigenvalue weighted by atomic mass is 16.5. The van der Waals surface area contributed by atoms with Crippen molar-refractivity contribution in [1.82, 2.24) is 9.80 Å². The number of nitrogens with zero attached hydrogens (tertiary/aromatic N) is 2. The van der Waals surface area contributed by atoms with Crippen LogP contribution in [-0.2, 0) is 14.3 Å². The molecule has 0 unspecified atom stereocenters. The largest absolute Gasteiger partial charge is 0.507 e. The van der Waals surface area contributed by atoms with E-state index in [0.29, 0.717) is 56.6 Å². The van der Waals surface area contributed by atoms with Crippen molar-refractivity contribution in [3.8, 4) is 11.5 Å². The molecule has 2 aromatic carbocycles. The second kappa shape index (κ2) is 13.1. The molecule has 0 aliphatic carbocycles. The summed E-state index contributed by atoms with van der Waals surface area (Å²) in [6.07, 6.45) is 0.710. The fraction of sp³-hybridized carbons (Fsp3) is 0.484. The number of morpholine rings is 1. The first-order valence-corrected chi connectivity index (χ1v) is 13.8. The molecular weight excluding hydrogens is 496 g/mol. The van der Waals surface area contributed by atoms with E-state index in [1.54, 1.807) is 23.1 Å². The van der Waals surface area contributed by atoms with Gasteiger partial charge in [-0.25, -0.2) is 0 Å². The molecule has 2 aliphatic heterocycles. The summed E-state index contributed by atoms with van der Waals surface area (Å²) in [6.45, 7) is 13.4. The molecule has 210 valence electrons. The lowest BCUT2D eigenvalue weighted by atomic mass is 9.94. The summed E-state index contributed by atoms with van der Waals surface area (Å²) in [6, 6.07) is 12.0. The standard InChI is InChI=1S/C31H40N2O6/c1-5-38-25-10-7-23(8-11-25)28-27(29(34)24-9-12-26(22(4)19-24)39-20-21(2)3)30(35)31(36)33(28)14-6-13-32-15-17-37-18-16-32/h7-12,19,21,28,34H,5-6,13-18,20H2,1-4H3/t28-/m0/s1. The molecule has 2 fully saturated rings. The van der Waals surface area contributed by atoms with Crippen LogP contribution in [-0.4, -0.2) is 79.2 Å². The number of ether oxygens (including phenoxy) is 3. The Balaban J connectivity index is 1.66. The maximum absolute atomic E-state index is 13.4. The van der Waals surface area contributed by atoms with Gasteiger partial charge >= 0.3 is 0 Å². The molecule has 0 spiro atoms. The van der Waals surface area contributed by atoms with Gasteiger partial charge < -0.3 is 24.2 Å². The second-order valence-corrected chi connectivity index (χ2v) is 10.5. The number of aliphatic hydroxyl groups is 1. The third kappa shape index (κ3) is 6.81. The van der Waals surface area contributed by atoms with Crippen LogP contribution in [0.4, 0.5) is 0 Å². The zero-order chi connectivity index (χ0) is 27.9. The van der Waals surface area contributed by atoms with Crippen LogP contribution in [0.15, 0.2) is 48.0 Å². The van der Waals surface area contributed by atoms with Crippen molar-refractivity contribution in [3.63, 3.8) is 0 Å². The van der Waals surface area contributed by atoms with Gasteiger partial charge in [0.05, 0.1) is 38.0 Å². The van der Waals surface area contributed by atoms with Gasteiger partial charge in [-0.2, -0.15) is 0 Å². The normalized spacial score (nSPS) is 19.6. The van der Waals surface area contributed by atoms with E-state index in [4.69, 9.17) is 14.2 Å². The van der Waals surface area contributed by atoms with Gasteiger partial charge in [-0.05, 0) is 67.6 Å². The van der Waals surface area contributed by atoms with Crippen molar-refractivity contribution in [2.45, 2.75) is 40.2 Å². The van der Waals surface area contributed by atoms with Crippen LogP contribution in [0.1, 0.15) is 49.9 Å². The molecule has 2 aromatic rings. The molecule has 8 heteroatoms. The van der Waals surface area contributed by atoms with E-state index in [-0.39, 0.29) is 11.3 Å². The van der Waals surface area contributed by atoms with Crippen LogP contribution < -0.4 is 9.47 Å². The molecule has 1 atom stereocenters. The number of carbonyl (C=O) groups is 2. The van der Waals surface area contributed by atoms with Gasteiger partial charge in [-0.15, -0.1) is 0 Å². The highest BCUT2D eigenvalue weighted by molar-refractivity contribution is 6.46.